The standard InChI is InChI=1S/C9H12N4OS/c1-5-9(15-6(2)11-5)8(14)7-4-10-12-13(7)3/h4,8,14H,1-3H3/t8-/m0/s1. The molecule has 6 heteroatoms. The van der Waals surface area contributed by atoms with Gasteiger partial charge in [-0.2, -0.15) is 0 Å². The summed E-state index contributed by atoms with van der Waals surface area (Å²) in [6, 6.07) is 0. The third kappa shape index (κ3) is 1.78. The van der Waals surface area contributed by atoms with Crippen molar-refractivity contribution in [1.82, 2.24) is 20.0 Å². The molecule has 1 atom stereocenters. The first-order chi connectivity index (χ1) is 7.09. The first kappa shape index (κ1) is 10.3. The van der Waals surface area contributed by atoms with Crippen LogP contribution in [0, 0.1) is 13.8 Å². The lowest BCUT2D eigenvalue weighted by molar-refractivity contribution is 0.212. The summed E-state index contributed by atoms with van der Waals surface area (Å²) in [6.45, 7) is 3.82. The maximum atomic E-state index is 10.1. The molecule has 0 aliphatic carbocycles. The Hall–Kier alpha value is -1.27. The van der Waals surface area contributed by atoms with Crippen LogP contribution < -0.4 is 0 Å². The van der Waals surface area contributed by atoms with Gasteiger partial charge < -0.3 is 5.11 Å². The van der Waals surface area contributed by atoms with E-state index in [9.17, 15) is 5.11 Å². The zero-order valence-electron chi connectivity index (χ0n) is 8.80. The molecule has 0 saturated carbocycles. The summed E-state index contributed by atoms with van der Waals surface area (Å²) in [7, 11) is 1.76. The molecule has 0 aliphatic heterocycles. The molecule has 0 aromatic carbocycles. The third-order valence-corrected chi connectivity index (χ3v) is 3.34. The van der Waals surface area contributed by atoms with Gasteiger partial charge in [0, 0.05) is 7.05 Å². The summed E-state index contributed by atoms with van der Waals surface area (Å²) in [5, 5.41) is 18.6. The van der Waals surface area contributed by atoms with Gasteiger partial charge in [0.1, 0.15) is 6.10 Å². The molecule has 0 radical (unpaired) electrons. The van der Waals surface area contributed by atoms with Gasteiger partial charge in [-0.1, -0.05) is 5.21 Å². The van der Waals surface area contributed by atoms with Gasteiger partial charge in [0.25, 0.3) is 0 Å². The maximum absolute atomic E-state index is 10.1. The molecule has 2 rings (SSSR count). The Balaban J connectivity index is 2.40. The SMILES string of the molecule is Cc1nc(C)c([C@@H](O)c2cnnn2C)s1. The van der Waals surface area contributed by atoms with Crippen LogP contribution in [0.3, 0.4) is 0 Å². The fourth-order valence-corrected chi connectivity index (χ4v) is 2.41. The van der Waals surface area contributed by atoms with Crippen LogP contribution in [0.1, 0.15) is 27.4 Å². The molecular formula is C9H12N4OS. The Bertz CT molecular complexity index is 476. The number of aliphatic hydroxyl groups is 1. The Kier molecular flexibility index (Phi) is 2.54. The van der Waals surface area contributed by atoms with Gasteiger partial charge in [0.2, 0.25) is 0 Å². The first-order valence-corrected chi connectivity index (χ1v) is 5.38. The number of aliphatic hydroxyl groups excluding tert-OH is 1. The molecule has 2 aromatic rings. The summed E-state index contributed by atoms with van der Waals surface area (Å²) in [4.78, 5) is 5.14. The molecule has 0 saturated heterocycles. The molecule has 15 heavy (non-hydrogen) atoms. The van der Waals surface area contributed by atoms with Crippen LogP contribution in [0.4, 0.5) is 0 Å². The van der Waals surface area contributed by atoms with E-state index >= 15 is 0 Å². The van der Waals surface area contributed by atoms with Crippen LogP contribution in [0.5, 0.6) is 0 Å². The highest BCUT2D eigenvalue weighted by Crippen LogP contribution is 2.28. The second-order valence-electron chi connectivity index (χ2n) is 3.37. The monoisotopic (exact) mass is 224 g/mol. The van der Waals surface area contributed by atoms with E-state index < -0.39 is 6.10 Å². The average molecular weight is 224 g/mol. The molecule has 0 amide bonds. The van der Waals surface area contributed by atoms with Gasteiger partial charge in [-0.3, -0.25) is 0 Å². The van der Waals surface area contributed by atoms with Crippen LogP contribution in [-0.2, 0) is 7.05 Å². The highest BCUT2D eigenvalue weighted by Gasteiger charge is 2.19. The summed E-state index contributed by atoms with van der Waals surface area (Å²) < 4.78 is 1.57. The Morgan fingerprint density at radius 3 is 2.67 bits per heavy atom. The summed E-state index contributed by atoms with van der Waals surface area (Å²) in [5.41, 5.74) is 1.55. The van der Waals surface area contributed by atoms with E-state index in [4.69, 9.17) is 0 Å². The normalized spacial score (nSPS) is 13.1. The minimum Gasteiger partial charge on any atom is -0.381 e. The minimum absolute atomic E-state index is 0.682. The lowest BCUT2D eigenvalue weighted by atomic mass is 10.2. The van der Waals surface area contributed by atoms with E-state index in [1.807, 2.05) is 13.8 Å². The molecular weight excluding hydrogens is 212 g/mol. The topological polar surface area (TPSA) is 63.8 Å². The molecule has 5 nitrogen and oxygen atoms in total. The van der Waals surface area contributed by atoms with Crippen molar-refractivity contribution >= 4 is 11.3 Å². The molecule has 0 fully saturated rings. The van der Waals surface area contributed by atoms with Gasteiger partial charge in [0.15, 0.2) is 0 Å². The smallest absolute Gasteiger partial charge is 0.133 e. The largest absolute Gasteiger partial charge is 0.381 e. The molecule has 2 heterocycles. The first-order valence-electron chi connectivity index (χ1n) is 4.56. The maximum Gasteiger partial charge on any atom is 0.133 e. The van der Waals surface area contributed by atoms with Crippen LogP contribution in [0.15, 0.2) is 6.20 Å². The van der Waals surface area contributed by atoms with Crippen molar-refractivity contribution in [1.29, 1.82) is 0 Å². The number of thiazole rings is 1. The lowest BCUT2D eigenvalue weighted by Crippen LogP contribution is -2.06. The van der Waals surface area contributed by atoms with E-state index in [0.717, 1.165) is 15.6 Å². The Labute approximate surface area is 91.4 Å². The molecule has 0 aliphatic rings. The van der Waals surface area contributed by atoms with Gasteiger partial charge in [0.05, 0.1) is 27.5 Å². The molecule has 0 spiro atoms. The average Bonchev–Trinajstić information content (AvgIpc) is 2.71. The van der Waals surface area contributed by atoms with Crippen LogP contribution in [0.25, 0.3) is 0 Å². The van der Waals surface area contributed by atoms with E-state index in [1.165, 1.54) is 11.3 Å². The number of hydrogen-bond acceptors (Lipinski definition) is 5. The van der Waals surface area contributed by atoms with E-state index in [-0.39, 0.29) is 0 Å². The van der Waals surface area contributed by atoms with Crippen molar-refractivity contribution in [3.8, 4) is 0 Å². The zero-order valence-corrected chi connectivity index (χ0v) is 9.62. The zero-order chi connectivity index (χ0) is 11.0. The van der Waals surface area contributed by atoms with Gasteiger partial charge in [-0.15, -0.1) is 16.4 Å². The number of hydrogen-bond donors (Lipinski definition) is 1. The number of aromatic nitrogens is 4. The van der Waals surface area contributed by atoms with Crippen molar-refractivity contribution in [2.24, 2.45) is 7.05 Å². The molecule has 80 valence electrons. The number of rotatable bonds is 2. The van der Waals surface area contributed by atoms with E-state index in [1.54, 1.807) is 17.9 Å². The predicted octanol–water partition coefficient (Wildman–Crippen LogP) is 0.970. The molecule has 0 unspecified atom stereocenters. The Morgan fingerprint density at radius 2 is 2.20 bits per heavy atom. The van der Waals surface area contributed by atoms with E-state index in [0.29, 0.717) is 5.69 Å². The van der Waals surface area contributed by atoms with Gasteiger partial charge in [-0.25, -0.2) is 9.67 Å². The lowest BCUT2D eigenvalue weighted by Gasteiger charge is -2.08. The number of aryl methyl sites for hydroxylation is 3. The molecule has 2 aromatic heterocycles. The van der Waals surface area contributed by atoms with Gasteiger partial charge >= 0.3 is 0 Å². The second kappa shape index (κ2) is 3.71. The van der Waals surface area contributed by atoms with Gasteiger partial charge in [-0.05, 0) is 13.8 Å². The van der Waals surface area contributed by atoms with E-state index in [2.05, 4.69) is 15.3 Å². The van der Waals surface area contributed by atoms with Crippen LogP contribution >= 0.6 is 11.3 Å². The molecule has 0 bridgehead atoms. The predicted molar refractivity (Wildman–Crippen MR) is 56.7 cm³/mol. The fourth-order valence-electron chi connectivity index (χ4n) is 1.48. The molecule has 1 N–H and O–H groups in total. The van der Waals surface area contributed by atoms with Crippen LogP contribution in [-0.4, -0.2) is 25.1 Å². The Morgan fingerprint density at radius 1 is 1.47 bits per heavy atom. The van der Waals surface area contributed by atoms with Crippen molar-refractivity contribution in [2.45, 2.75) is 20.0 Å². The summed E-state index contributed by atoms with van der Waals surface area (Å²) in [5.74, 6) is 0. The quantitative estimate of drug-likeness (QED) is 0.825. The third-order valence-electron chi connectivity index (χ3n) is 2.22. The fraction of sp³-hybridized carbons (Fsp3) is 0.444. The summed E-state index contributed by atoms with van der Waals surface area (Å²) >= 11 is 1.50. The highest BCUT2D eigenvalue weighted by atomic mass is 32.1. The van der Waals surface area contributed by atoms with Crippen LogP contribution in [0.2, 0.25) is 0 Å². The number of nitrogens with zero attached hydrogens (tertiary/aromatic N) is 4. The second-order valence-corrected chi connectivity index (χ2v) is 4.60. The van der Waals surface area contributed by atoms with Crippen molar-refractivity contribution in [2.75, 3.05) is 0 Å². The van der Waals surface area contributed by atoms with Crippen molar-refractivity contribution < 1.29 is 5.11 Å². The summed E-state index contributed by atoms with van der Waals surface area (Å²) in [6.07, 6.45) is 0.885. The van der Waals surface area contributed by atoms with Crippen molar-refractivity contribution in [3.63, 3.8) is 0 Å². The van der Waals surface area contributed by atoms with Crippen molar-refractivity contribution in [3.05, 3.63) is 27.5 Å². The highest BCUT2D eigenvalue weighted by molar-refractivity contribution is 7.11. The minimum atomic E-state index is -0.684.